The number of rotatable bonds is 3. The maximum atomic E-state index is 10.8. The molecule has 0 heterocycles. The van der Waals surface area contributed by atoms with Gasteiger partial charge in [-0.1, -0.05) is 0 Å². The summed E-state index contributed by atoms with van der Waals surface area (Å²) in [6.07, 6.45) is -0.980. The minimum absolute atomic E-state index is 0.290. The zero-order chi connectivity index (χ0) is 10.6. The predicted molar refractivity (Wildman–Crippen MR) is 65.2 cm³/mol. The molecule has 0 aliphatic rings. The lowest BCUT2D eigenvalue weighted by Crippen LogP contribution is -2.30. The van der Waals surface area contributed by atoms with Crippen molar-refractivity contribution in [1.29, 1.82) is 0 Å². The molecular formula is C9H9ClINO2. The van der Waals surface area contributed by atoms with E-state index in [1.54, 1.807) is 12.1 Å². The first-order valence-corrected chi connectivity index (χ1v) is 5.58. The Bertz CT molecular complexity index is 315. The summed E-state index contributed by atoms with van der Waals surface area (Å²) in [6, 6.07) is 7.25. The molecule has 3 nitrogen and oxygen atoms in total. The molecule has 0 saturated carbocycles. The highest BCUT2D eigenvalue weighted by atomic mass is 127. The number of anilines is 1. The molecular weight excluding hydrogens is 316 g/mol. The minimum atomic E-state index is -0.980. The van der Waals surface area contributed by atoms with Crippen LogP contribution in [0.2, 0.25) is 0 Å². The highest BCUT2D eigenvalue weighted by Gasteiger charge is 2.12. The van der Waals surface area contributed by atoms with Crippen LogP contribution in [0, 0.1) is 3.57 Å². The van der Waals surface area contributed by atoms with Crippen LogP contribution in [0.15, 0.2) is 24.3 Å². The Morgan fingerprint density at radius 1 is 1.43 bits per heavy atom. The number of nitrogens with zero attached hydrogens (tertiary/aromatic N) is 1. The molecule has 1 amide bonds. The van der Waals surface area contributed by atoms with Crippen LogP contribution in [-0.2, 0) is 0 Å². The van der Waals surface area contributed by atoms with E-state index in [4.69, 9.17) is 16.7 Å². The number of carbonyl (C=O) groups is 1. The van der Waals surface area contributed by atoms with Gasteiger partial charge in [0.1, 0.15) is 0 Å². The monoisotopic (exact) mass is 325 g/mol. The van der Waals surface area contributed by atoms with Crippen molar-refractivity contribution in [1.82, 2.24) is 0 Å². The van der Waals surface area contributed by atoms with Crippen LogP contribution in [0.4, 0.5) is 10.5 Å². The van der Waals surface area contributed by atoms with Crippen molar-refractivity contribution >= 4 is 46.0 Å². The molecule has 0 radical (unpaired) electrons. The lowest BCUT2D eigenvalue weighted by molar-refractivity contribution is 0.202. The standard InChI is InChI=1S/C9H9ClINO2/c10-5-6-12(9(13)14)8-3-1-7(11)2-4-8/h1-4H,5-6H2,(H,13,14). The summed E-state index contributed by atoms with van der Waals surface area (Å²) in [4.78, 5) is 12.1. The molecule has 0 atom stereocenters. The second-order valence-corrected chi connectivity index (χ2v) is 4.22. The summed E-state index contributed by atoms with van der Waals surface area (Å²) < 4.78 is 1.07. The number of alkyl halides is 1. The molecule has 76 valence electrons. The van der Waals surface area contributed by atoms with Crippen molar-refractivity contribution in [2.45, 2.75) is 0 Å². The van der Waals surface area contributed by atoms with E-state index in [1.807, 2.05) is 12.1 Å². The Morgan fingerprint density at radius 3 is 2.43 bits per heavy atom. The van der Waals surface area contributed by atoms with Gasteiger partial charge in [-0.3, -0.25) is 4.90 Å². The minimum Gasteiger partial charge on any atom is -0.465 e. The van der Waals surface area contributed by atoms with Crippen molar-refractivity contribution in [3.05, 3.63) is 27.8 Å². The molecule has 0 saturated heterocycles. The van der Waals surface area contributed by atoms with Crippen LogP contribution in [0.5, 0.6) is 0 Å². The van der Waals surface area contributed by atoms with Crippen LogP contribution in [-0.4, -0.2) is 23.6 Å². The highest BCUT2D eigenvalue weighted by Crippen LogP contribution is 2.16. The van der Waals surface area contributed by atoms with Gasteiger partial charge in [0.15, 0.2) is 0 Å². The predicted octanol–water partition coefficient (Wildman–Crippen LogP) is 3.01. The molecule has 1 rings (SSSR count). The van der Waals surface area contributed by atoms with Gasteiger partial charge in [0.25, 0.3) is 0 Å². The first-order valence-electron chi connectivity index (χ1n) is 3.97. The van der Waals surface area contributed by atoms with Gasteiger partial charge in [-0.15, -0.1) is 11.6 Å². The van der Waals surface area contributed by atoms with Crippen molar-refractivity contribution < 1.29 is 9.90 Å². The fourth-order valence-corrected chi connectivity index (χ4v) is 1.57. The zero-order valence-corrected chi connectivity index (χ0v) is 10.2. The lowest BCUT2D eigenvalue weighted by atomic mass is 10.3. The van der Waals surface area contributed by atoms with E-state index < -0.39 is 6.09 Å². The van der Waals surface area contributed by atoms with E-state index in [-0.39, 0.29) is 5.88 Å². The molecule has 0 spiro atoms. The average Bonchev–Trinajstić information content (AvgIpc) is 2.15. The van der Waals surface area contributed by atoms with Crippen LogP contribution in [0.25, 0.3) is 0 Å². The van der Waals surface area contributed by atoms with E-state index in [0.717, 1.165) is 3.57 Å². The molecule has 0 unspecified atom stereocenters. The van der Waals surface area contributed by atoms with Gasteiger partial charge in [0.2, 0.25) is 0 Å². The summed E-state index contributed by atoms with van der Waals surface area (Å²) >= 11 is 7.68. The molecule has 0 aromatic heterocycles. The molecule has 14 heavy (non-hydrogen) atoms. The van der Waals surface area contributed by atoms with E-state index in [9.17, 15) is 4.79 Å². The fourth-order valence-electron chi connectivity index (χ4n) is 1.04. The topological polar surface area (TPSA) is 40.5 Å². The molecule has 5 heteroatoms. The molecule has 0 aliphatic heterocycles. The maximum Gasteiger partial charge on any atom is 0.411 e. The number of carboxylic acid groups (broad SMARTS) is 1. The summed E-state index contributed by atoms with van der Waals surface area (Å²) in [5.41, 5.74) is 0.651. The molecule has 0 bridgehead atoms. The van der Waals surface area contributed by atoms with E-state index in [1.165, 1.54) is 4.90 Å². The van der Waals surface area contributed by atoms with Gasteiger partial charge in [-0.2, -0.15) is 0 Å². The normalized spacial score (nSPS) is 9.86. The lowest BCUT2D eigenvalue weighted by Gasteiger charge is -2.17. The number of benzene rings is 1. The van der Waals surface area contributed by atoms with Crippen LogP contribution in [0.3, 0.4) is 0 Å². The third-order valence-corrected chi connectivity index (χ3v) is 2.57. The molecule has 1 aromatic carbocycles. The Labute approximate surface area is 101 Å². The largest absolute Gasteiger partial charge is 0.465 e. The molecule has 1 aromatic rings. The SMILES string of the molecule is O=C(O)N(CCCl)c1ccc(I)cc1. The third kappa shape index (κ3) is 3.02. The summed E-state index contributed by atoms with van der Waals surface area (Å²) in [5, 5.41) is 8.89. The first kappa shape index (κ1) is 11.6. The quantitative estimate of drug-likeness (QED) is 0.685. The van der Waals surface area contributed by atoms with Gasteiger partial charge in [-0.05, 0) is 46.9 Å². The first-order chi connectivity index (χ1) is 6.65. The number of halogens is 2. The van der Waals surface area contributed by atoms with Gasteiger partial charge in [-0.25, -0.2) is 4.79 Å². The van der Waals surface area contributed by atoms with Crippen LogP contribution < -0.4 is 4.90 Å². The van der Waals surface area contributed by atoms with Crippen molar-refractivity contribution in [3.8, 4) is 0 Å². The van der Waals surface area contributed by atoms with Gasteiger partial charge in [0.05, 0.1) is 0 Å². The summed E-state index contributed by atoms with van der Waals surface area (Å²) in [6.45, 7) is 0.303. The van der Waals surface area contributed by atoms with Gasteiger partial charge in [0, 0.05) is 21.7 Å². The Morgan fingerprint density at radius 2 is 2.00 bits per heavy atom. The smallest absolute Gasteiger partial charge is 0.411 e. The molecule has 0 aliphatic carbocycles. The summed E-state index contributed by atoms with van der Waals surface area (Å²) in [7, 11) is 0. The third-order valence-electron chi connectivity index (χ3n) is 1.68. The average molecular weight is 326 g/mol. The van der Waals surface area contributed by atoms with Gasteiger partial charge >= 0.3 is 6.09 Å². The molecule has 0 fully saturated rings. The Hall–Kier alpha value is -0.490. The van der Waals surface area contributed by atoms with Crippen molar-refractivity contribution in [3.63, 3.8) is 0 Å². The zero-order valence-electron chi connectivity index (χ0n) is 7.28. The van der Waals surface area contributed by atoms with Crippen molar-refractivity contribution in [2.24, 2.45) is 0 Å². The number of hydrogen-bond acceptors (Lipinski definition) is 1. The van der Waals surface area contributed by atoms with E-state index >= 15 is 0 Å². The van der Waals surface area contributed by atoms with Gasteiger partial charge < -0.3 is 5.11 Å². The van der Waals surface area contributed by atoms with Crippen LogP contribution in [0.1, 0.15) is 0 Å². The van der Waals surface area contributed by atoms with E-state index in [0.29, 0.717) is 12.2 Å². The summed E-state index contributed by atoms with van der Waals surface area (Å²) in [5.74, 6) is 0.290. The Balaban J connectivity index is 2.87. The van der Waals surface area contributed by atoms with Crippen molar-refractivity contribution in [2.75, 3.05) is 17.3 Å². The maximum absolute atomic E-state index is 10.8. The molecule has 1 N–H and O–H groups in total. The number of amides is 1. The second-order valence-electron chi connectivity index (χ2n) is 2.60. The number of hydrogen-bond donors (Lipinski definition) is 1. The second kappa shape index (κ2) is 5.41. The highest BCUT2D eigenvalue weighted by molar-refractivity contribution is 14.1. The Kier molecular flexibility index (Phi) is 4.47. The fraction of sp³-hybridized carbons (Fsp3) is 0.222. The van der Waals surface area contributed by atoms with E-state index in [2.05, 4.69) is 22.6 Å². The van der Waals surface area contributed by atoms with Crippen LogP contribution >= 0.6 is 34.2 Å².